The van der Waals surface area contributed by atoms with E-state index in [-0.39, 0.29) is 28.5 Å². The molecule has 0 aromatic heterocycles. The second kappa shape index (κ2) is 10.8. The number of non-ortho nitro benzene ring substituents is 1. The lowest BCUT2D eigenvalue weighted by molar-refractivity contribution is -0.393. The first kappa shape index (κ1) is 26.5. The summed E-state index contributed by atoms with van der Waals surface area (Å²) in [6, 6.07) is 14.1. The van der Waals surface area contributed by atoms with E-state index in [2.05, 4.69) is 26.2 Å². The zero-order valence-corrected chi connectivity index (χ0v) is 21.9. The highest BCUT2D eigenvalue weighted by molar-refractivity contribution is 9.10. The van der Waals surface area contributed by atoms with Gasteiger partial charge in [0.25, 0.3) is 17.5 Å². The molecule has 12 nitrogen and oxygen atoms in total. The third-order valence-corrected chi connectivity index (χ3v) is 6.70. The van der Waals surface area contributed by atoms with Gasteiger partial charge in [0.2, 0.25) is 0 Å². The van der Waals surface area contributed by atoms with Gasteiger partial charge in [-0.15, -0.1) is 10.2 Å². The maximum atomic E-state index is 12.7. The Labute approximate surface area is 225 Å². The summed E-state index contributed by atoms with van der Waals surface area (Å²) in [6.07, 6.45) is 0. The topological polar surface area (TPSA) is 152 Å². The molecular weight excluding hydrogens is 560 g/mol. The van der Waals surface area contributed by atoms with E-state index in [0.717, 1.165) is 23.4 Å². The Morgan fingerprint density at radius 1 is 0.947 bits per heavy atom. The van der Waals surface area contributed by atoms with E-state index >= 15 is 0 Å². The maximum absolute atomic E-state index is 12.7. The van der Waals surface area contributed by atoms with Crippen LogP contribution in [0.25, 0.3) is 0 Å². The number of amides is 2. The largest absolute Gasteiger partial charge is 0.370 e. The lowest BCUT2D eigenvalue weighted by Crippen LogP contribution is -2.38. The first-order valence-corrected chi connectivity index (χ1v) is 12.3. The standard InChI is InChI=1S/C25H21BrN6O6/c1-3-29(10-11-30-24(33)18-6-4-5-7-19(18)25(30)34)16-8-9-21(15(2)12-16)27-28-23-20(26)13-17(31(35)36)14-22(23)32(37)38/h4-9,12-14H,3,10-11H2,1-2H3/b28-27+. The van der Waals surface area contributed by atoms with Crippen LogP contribution in [0.5, 0.6) is 0 Å². The Kier molecular flexibility index (Phi) is 7.57. The van der Waals surface area contributed by atoms with Crippen LogP contribution in [0.4, 0.5) is 28.4 Å². The summed E-state index contributed by atoms with van der Waals surface area (Å²) in [5.41, 5.74) is 1.70. The molecule has 13 heteroatoms. The molecule has 38 heavy (non-hydrogen) atoms. The van der Waals surface area contributed by atoms with Crippen molar-refractivity contribution in [2.45, 2.75) is 13.8 Å². The number of hydrogen-bond donors (Lipinski definition) is 0. The van der Waals surface area contributed by atoms with Crippen molar-refractivity contribution in [2.75, 3.05) is 24.5 Å². The molecule has 1 heterocycles. The van der Waals surface area contributed by atoms with Gasteiger partial charge in [-0.05, 0) is 65.7 Å². The molecule has 2 amide bonds. The lowest BCUT2D eigenvalue weighted by Gasteiger charge is -2.26. The third-order valence-electron chi connectivity index (χ3n) is 6.09. The van der Waals surface area contributed by atoms with Gasteiger partial charge in [-0.25, -0.2) is 0 Å². The van der Waals surface area contributed by atoms with Crippen LogP contribution >= 0.6 is 15.9 Å². The zero-order valence-electron chi connectivity index (χ0n) is 20.3. The molecule has 1 aliphatic rings. The molecule has 194 valence electrons. The first-order valence-electron chi connectivity index (χ1n) is 11.5. The molecule has 0 spiro atoms. The predicted molar refractivity (Wildman–Crippen MR) is 143 cm³/mol. The quantitative estimate of drug-likeness (QED) is 0.128. The van der Waals surface area contributed by atoms with Crippen molar-refractivity contribution in [3.63, 3.8) is 0 Å². The lowest BCUT2D eigenvalue weighted by atomic mass is 10.1. The van der Waals surface area contributed by atoms with Crippen molar-refractivity contribution in [1.82, 2.24) is 4.90 Å². The maximum Gasteiger partial charge on any atom is 0.304 e. The number of anilines is 1. The SMILES string of the molecule is CCN(CCN1C(=O)c2ccccc2C1=O)c1ccc(/N=N/c2c(Br)cc([N+](=O)[O-])cc2[N+](=O)[O-])c(C)c1. The Bertz CT molecular complexity index is 1470. The highest BCUT2D eigenvalue weighted by atomic mass is 79.9. The predicted octanol–water partition coefficient (Wildman–Crippen LogP) is 6.11. The number of carbonyl (C=O) groups is 2. The normalized spacial score (nSPS) is 12.8. The van der Waals surface area contributed by atoms with Gasteiger partial charge >= 0.3 is 5.69 Å². The van der Waals surface area contributed by atoms with Crippen molar-refractivity contribution < 1.29 is 19.4 Å². The molecule has 3 aromatic rings. The van der Waals surface area contributed by atoms with E-state index in [1.807, 2.05) is 17.9 Å². The number of hydrogen-bond acceptors (Lipinski definition) is 9. The number of nitro benzene ring substituents is 2. The van der Waals surface area contributed by atoms with Crippen LogP contribution in [0.15, 0.2) is 69.3 Å². The van der Waals surface area contributed by atoms with Gasteiger partial charge in [-0.3, -0.25) is 34.7 Å². The minimum atomic E-state index is -0.754. The fraction of sp³-hybridized carbons (Fsp3) is 0.200. The van der Waals surface area contributed by atoms with Crippen LogP contribution in [0.3, 0.4) is 0 Å². The van der Waals surface area contributed by atoms with Gasteiger partial charge in [-0.2, -0.15) is 0 Å². The van der Waals surface area contributed by atoms with E-state index in [0.29, 0.717) is 29.9 Å². The van der Waals surface area contributed by atoms with Crippen LogP contribution < -0.4 is 4.90 Å². The van der Waals surface area contributed by atoms with Crippen LogP contribution in [0, 0.1) is 27.2 Å². The van der Waals surface area contributed by atoms with Crippen LogP contribution in [-0.2, 0) is 0 Å². The Morgan fingerprint density at radius 3 is 2.16 bits per heavy atom. The number of nitrogens with zero attached hydrogens (tertiary/aromatic N) is 6. The van der Waals surface area contributed by atoms with E-state index in [1.165, 1.54) is 4.90 Å². The van der Waals surface area contributed by atoms with Gasteiger partial charge in [0.1, 0.15) is 0 Å². The van der Waals surface area contributed by atoms with E-state index in [4.69, 9.17) is 0 Å². The Hall–Kier alpha value is -4.52. The fourth-order valence-electron chi connectivity index (χ4n) is 4.10. The molecule has 0 fully saturated rings. The average molecular weight is 581 g/mol. The van der Waals surface area contributed by atoms with E-state index in [9.17, 15) is 29.8 Å². The Morgan fingerprint density at radius 2 is 1.61 bits per heavy atom. The minimum Gasteiger partial charge on any atom is -0.370 e. The summed E-state index contributed by atoms with van der Waals surface area (Å²) in [4.78, 5) is 49.6. The summed E-state index contributed by atoms with van der Waals surface area (Å²) >= 11 is 3.11. The molecule has 0 aliphatic carbocycles. The second-order valence-electron chi connectivity index (χ2n) is 8.37. The number of fused-ring (bicyclic) bond motifs is 1. The highest BCUT2D eigenvalue weighted by Crippen LogP contribution is 2.40. The van der Waals surface area contributed by atoms with Crippen molar-refractivity contribution in [2.24, 2.45) is 10.2 Å². The number of imide groups is 1. The molecule has 0 N–H and O–H groups in total. The van der Waals surface area contributed by atoms with Crippen LogP contribution in [0.2, 0.25) is 0 Å². The van der Waals surface area contributed by atoms with Crippen molar-refractivity contribution in [1.29, 1.82) is 0 Å². The summed E-state index contributed by atoms with van der Waals surface area (Å²) in [5.74, 6) is -0.611. The molecular formula is C25H21BrN6O6. The summed E-state index contributed by atoms with van der Waals surface area (Å²) < 4.78 is 0.0711. The molecule has 0 saturated carbocycles. The average Bonchev–Trinajstić information content (AvgIpc) is 3.13. The van der Waals surface area contributed by atoms with Gasteiger partial charge in [0.15, 0.2) is 5.69 Å². The van der Waals surface area contributed by atoms with Gasteiger partial charge in [0.05, 0.1) is 37.2 Å². The molecule has 4 rings (SSSR count). The van der Waals surface area contributed by atoms with E-state index < -0.39 is 21.2 Å². The van der Waals surface area contributed by atoms with Gasteiger partial charge < -0.3 is 4.90 Å². The smallest absolute Gasteiger partial charge is 0.304 e. The second-order valence-corrected chi connectivity index (χ2v) is 9.22. The van der Waals surface area contributed by atoms with Gasteiger partial charge in [0, 0.05) is 31.4 Å². The number of aryl methyl sites for hydroxylation is 1. The molecule has 0 bridgehead atoms. The number of likely N-dealkylation sites (N-methyl/N-ethyl adjacent to an activating group) is 1. The first-order chi connectivity index (χ1) is 18.1. The minimum absolute atomic E-state index is 0.0711. The number of nitro groups is 2. The fourth-order valence-corrected chi connectivity index (χ4v) is 4.62. The number of halogens is 1. The molecule has 3 aromatic carbocycles. The number of azo groups is 1. The molecule has 0 radical (unpaired) electrons. The summed E-state index contributed by atoms with van der Waals surface area (Å²) in [5, 5.41) is 30.6. The van der Waals surface area contributed by atoms with Crippen molar-refractivity contribution >= 4 is 56.2 Å². The molecule has 1 aliphatic heterocycles. The number of carbonyl (C=O) groups excluding carboxylic acids is 2. The van der Waals surface area contributed by atoms with Gasteiger partial charge in [-0.1, -0.05) is 12.1 Å². The number of benzene rings is 3. The van der Waals surface area contributed by atoms with Crippen molar-refractivity contribution in [3.8, 4) is 0 Å². The molecule has 0 unspecified atom stereocenters. The van der Waals surface area contributed by atoms with Crippen LogP contribution in [0.1, 0.15) is 33.2 Å². The summed E-state index contributed by atoms with van der Waals surface area (Å²) in [6.45, 7) is 5.01. The third kappa shape index (κ3) is 5.13. The zero-order chi connectivity index (χ0) is 27.6. The Balaban J connectivity index is 1.51. The number of rotatable bonds is 9. The highest BCUT2D eigenvalue weighted by Gasteiger charge is 2.35. The van der Waals surface area contributed by atoms with E-state index in [1.54, 1.807) is 43.3 Å². The monoisotopic (exact) mass is 580 g/mol. The van der Waals surface area contributed by atoms with Crippen LogP contribution in [-0.4, -0.2) is 46.2 Å². The summed E-state index contributed by atoms with van der Waals surface area (Å²) in [7, 11) is 0. The molecule has 0 saturated heterocycles. The molecule has 0 atom stereocenters. The van der Waals surface area contributed by atoms with Crippen molar-refractivity contribution in [3.05, 3.63) is 96.0 Å².